The van der Waals surface area contributed by atoms with Gasteiger partial charge in [0.2, 0.25) is 0 Å². The molecular weight excluding hydrogens is 368 g/mol. The monoisotopic (exact) mass is 392 g/mol. The van der Waals surface area contributed by atoms with Crippen molar-refractivity contribution in [3.05, 3.63) is 60.0 Å². The van der Waals surface area contributed by atoms with Gasteiger partial charge in [-0.1, -0.05) is 30.3 Å². The molecule has 1 aliphatic heterocycles. The smallest absolute Gasteiger partial charge is 0.328 e. The third kappa shape index (κ3) is 3.99. The maximum absolute atomic E-state index is 13.0. The molecule has 0 spiro atoms. The standard InChI is InChI=1S/C22H24N4O3/c1-29-22(28)19-9-5-6-11-26(19)21(27)17-13-18-20(23-14-17)25(15-24-18)12-10-16-7-3-2-4-8-16/h2-4,7-8,13-15,19H,5-6,9-12H2,1H3. The Hall–Kier alpha value is -3.22. The molecule has 2 aromatic heterocycles. The van der Waals surface area contributed by atoms with Crippen molar-refractivity contribution in [1.29, 1.82) is 0 Å². The van der Waals surface area contributed by atoms with Crippen LogP contribution in [0.3, 0.4) is 0 Å². The number of hydrogen-bond donors (Lipinski definition) is 0. The second kappa shape index (κ2) is 8.43. The molecule has 1 aliphatic rings. The van der Waals surface area contributed by atoms with E-state index in [0.717, 1.165) is 31.5 Å². The average Bonchev–Trinajstić information content (AvgIpc) is 3.19. The number of amides is 1. The SMILES string of the molecule is COC(=O)C1CCCCN1C(=O)c1cnc2c(c1)ncn2CCc1ccccc1. The van der Waals surface area contributed by atoms with Crippen molar-refractivity contribution in [2.24, 2.45) is 0 Å². The summed E-state index contributed by atoms with van der Waals surface area (Å²) in [7, 11) is 1.36. The summed E-state index contributed by atoms with van der Waals surface area (Å²) >= 11 is 0. The Balaban J connectivity index is 1.53. The zero-order valence-electron chi connectivity index (χ0n) is 16.5. The fourth-order valence-corrected chi connectivity index (χ4v) is 3.85. The van der Waals surface area contributed by atoms with Gasteiger partial charge in [-0.15, -0.1) is 0 Å². The van der Waals surface area contributed by atoms with Gasteiger partial charge in [0.15, 0.2) is 5.65 Å². The van der Waals surface area contributed by atoms with Gasteiger partial charge in [0.05, 0.1) is 19.0 Å². The van der Waals surface area contributed by atoms with E-state index >= 15 is 0 Å². The van der Waals surface area contributed by atoms with Gasteiger partial charge in [-0.05, 0) is 37.3 Å². The Morgan fingerprint density at radius 3 is 2.79 bits per heavy atom. The number of pyridine rings is 1. The van der Waals surface area contributed by atoms with Gasteiger partial charge in [0.25, 0.3) is 5.91 Å². The maximum Gasteiger partial charge on any atom is 0.328 e. The summed E-state index contributed by atoms with van der Waals surface area (Å²) in [4.78, 5) is 35.6. The molecule has 0 saturated carbocycles. The van der Waals surface area contributed by atoms with Crippen molar-refractivity contribution in [3.8, 4) is 0 Å². The first kappa shape index (κ1) is 19.1. The predicted octanol–water partition coefficient (Wildman–Crippen LogP) is 2.84. The number of esters is 1. The molecule has 7 heteroatoms. The number of fused-ring (bicyclic) bond motifs is 1. The quantitative estimate of drug-likeness (QED) is 0.624. The molecule has 1 atom stereocenters. The number of hydrogen-bond acceptors (Lipinski definition) is 5. The van der Waals surface area contributed by atoms with Crippen LogP contribution < -0.4 is 0 Å². The average molecular weight is 392 g/mol. The Kier molecular flexibility index (Phi) is 5.55. The minimum atomic E-state index is -0.527. The Morgan fingerprint density at radius 2 is 2.00 bits per heavy atom. The molecule has 1 unspecified atom stereocenters. The summed E-state index contributed by atoms with van der Waals surface area (Å²) in [5.74, 6) is -0.564. The van der Waals surface area contributed by atoms with E-state index in [1.807, 2.05) is 22.8 Å². The topological polar surface area (TPSA) is 77.3 Å². The molecule has 7 nitrogen and oxygen atoms in total. The van der Waals surface area contributed by atoms with Crippen molar-refractivity contribution in [2.75, 3.05) is 13.7 Å². The lowest BCUT2D eigenvalue weighted by Gasteiger charge is -2.33. The minimum absolute atomic E-state index is 0.201. The molecule has 0 radical (unpaired) electrons. The molecule has 1 aromatic carbocycles. The summed E-state index contributed by atoms with van der Waals surface area (Å²) < 4.78 is 6.87. The van der Waals surface area contributed by atoms with Gasteiger partial charge in [-0.2, -0.15) is 0 Å². The van der Waals surface area contributed by atoms with Crippen molar-refractivity contribution in [2.45, 2.75) is 38.3 Å². The number of likely N-dealkylation sites (tertiary alicyclic amines) is 1. The fraction of sp³-hybridized carbons (Fsp3) is 0.364. The van der Waals surface area contributed by atoms with Crippen molar-refractivity contribution >= 4 is 23.0 Å². The number of carbonyl (C=O) groups is 2. The molecular formula is C22H24N4O3. The third-order valence-corrected chi connectivity index (χ3v) is 5.42. The highest BCUT2D eigenvalue weighted by atomic mass is 16.5. The van der Waals surface area contributed by atoms with Gasteiger partial charge >= 0.3 is 5.97 Å². The molecule has 150 valence electrons. The van der Waals surface area contributed by atoms with E-state index in [9.17, 15) is 9.59 Å². The lowest BCUT2D eigenvalue weighted by Crippen LogP contribution is -2.48. The number of imidazole rings is 1. The van der Waals surface area contributed by atoms with Gasteiger partial charge in [-0.3, -0.25) is 4.79 Å². The molecule has 1 fully saturated rings. The first-order valence-corrected chi connectivity index (χ1v) is 9.91. The number of aryl methyl sites for hydroxylation is 2. The van der Waals surface area contributed by atoms with E-state index in [2.05, 4.69) is 22.1 Å². The molecule has 0 bridgehead atoms. The van der Waals surface area contributed by atoms with Gasteiger partial charge in [0.1, 0.15) is 11.6 Å². The number of nitrogens with zero attached hydrogens (tertiary/aromatic N) is 4. The highest BCUT2D eigenvalue weighted by Gasteiger charge is 2.33. The summed E-state index contributed by atoms with van der Waals surface area (Å²) in [6, 6.07) is 11.5. The van der Waals surface area contributed by atoms with Gasteiger partial charge < -0.3 is 14.2 Å². The molecule has 4 rings (SSSR count). The third-order valence-electron chi connectivity index (χ3n) is 5.42. The molecule has 29 heavy (non-hydrogen) atoms. The van der Waals surface area contributed by atoms with Crippen LogP contribution in [0.1, 0.15) is 35.2 Å². The number of carbonyl (C=O) groups excluding carboxylic acids is 2. The molecule has 1 saturated heterocycles. The highest BCUT2D eigenvalue weighted by Crippen LogP contribution is 2.22. The van der Waals surface area contributed by atoms with Crippen LogP contribution in [0, 0.1) is 0 Å². The van der Waals surface area contributed by atoms with Crippen LogP contribution in [0.2, 0.25) is 0 Å². The lowest BCUT2D eigenvalue weighted by atomic mass is 10.0. The van der Waals surface area contributed by atoms with Gasteiger partial charge in [0, 0.05) is 19.3 Å². The number of piperidine rings is 1. The Bertz CT molecular complexity index is 1020. The van der Waals surface area contributed by atoms with Crippen LogP contribution in [-0.4, -0.2) is 51.0 Å². The van der Waals surface area contributed by atoms with Crippen LogP contribution in [0.4, 0.5) is 0 Å². The largest absolute Gasteiger partial charge is 0.467 e. The molecule has 3 heterocycles. The second-order valence-corrected chi connectivity index (χ2v) is 7.27. The first-order valence-electron chi connectivity index (χ1n) is 9.91. The summed E-state index contributed by atoms with van der Waals surface area (Å²) in [6.45, 7) is 1.31. The number of rotatable bonds is 5. The van der Waals surface area contributed by atoms with E-state index in [0.29, 0.717) is 24.0 Å². The summed E-state index contributed by atoms with van der Waals surface area (Å²) in [5, 5.41) is 0. The zero-order chi connectivity index (χ0) is 20.2. The summed E-state index contributed by atoms with van der Waals surface area (Å²) in [5.41, 5.74) is 3.12. The van der Waals surface area contributed by atoms with Crippen LogP contribution in [0.5, 0.6) is 0 Å². The van der Waals surface area contributed by atoms with E-state index in [1.165, 1.54) is 12.7 Å². The highest BCUT2D eigenvalue weighted by molar-refractivity contribution is 5.98. The van der Waals surface area contributed by atoms with Crippen molar-refractivity contribution in [3.63, 3.8) is 0 Å². The van der Waals surface area contributed by atoms with E-state index < -0.39 is 6.04 Å². The van der Waals surface area contributed by atoms with Crippen molar-refractivity contribution < 1.29 is 14.3 Å². The van der Waals surface area contributed by atoms with Crippen LogP contribution in [0.15, 0.2) is 48.9 Å². The number of ether oxygens (including phenoxy) is 1. The van der Waals surface area contributed by atoms with Crippen LogP contribution in [-0.2, 0) is 22.5 Å². The minimum Gasteiger partial charge on any atom is -0.467 e. The lowest BCUT2D eigenvalue weighted by molar-refractivity contribution is -0.147. The van der Waals surface area contributed by atoms with E-state index in [4.69, 9.17) is 4.74 Å². The second-order valence-electron chi connectivity index (χ2n) is 7.27. The predicted molar refractivity (Wildman–Crippen MR) is 108 cm³/mol. The normalized spacial score (nSPS) is 16.7. The fourth-order valence-electron chi connectivity index (χ4n) is 3.85. The molecule has 3 aromatic rings. The Morgan fingerprint density at radius 1 is 1.17 bits per heavy atom. The number of benzene rings is 1. The van der Waals surface area contributed by atoms with E-state index in [1.54, 1.807) is 23.5 Å². The molecule has 0 N–H and O–H groups in total. The van der Waals surface area contributed by atoms with E-state index in [-0.39, 0.29) is 11.9 Å². The maximum atomic E-state index is 13.0. The van der Waals surface area contributed by atoms with Crippen LogP contribution in [0.25, 0.3) is 11.2 Å². The van der Waals surface area contributed by atoms with Crippen molar-refractivity contribution in [1.82, 2.24) is 19.4 Å². The Labute approximate surface area is 169 Å². The molecule has 1 amide bonds. The van der Waals surface area contributed by atoms with Gasteiger partial charge in [-0.25, -0.2) is 14.8 Å². The first-order chi connectivity index (χ1) is 14.2. The zero-order valence-corrected chi connectivity index (χ0v) is 16.5. The summed E-state index contributed by atoms with van der Waals surface area (Å²) in [6.07, 6.45) is 6.63. The number of methoxy groups -OCH3 is 1. The number of aromatic nitrogens is 3. The molecule has 0 aliphatic carbocycles. The van der Waals surface area contributed by atoms with Crippen LogP contribution >= 0.6 is 0 Å².